The predicted molar refractivity (Wildman–Crippen MR) is 53.8 cm³/mol. The third kappa shape index (κ3) is 3.28. The number of nitrogens with one attached hydrogen (secondary N) is 1. The first-order chi connectivity index (χ1) is 7.17. The molecule has 1 N–H and O–H groups in total. The molecule has 0 spiro atoms. The summed E-state index contributed by atoms with van der Waals surface area (Å²) in [6.45, 7) is 0. The van der Waals surface area contributed by atoms with E-state index in [1.807, 2.05) is 0 Å². The summed E-state index contributed by atoms with van der Waals surface area (Å²) in [7, 11) is 1.37. The van der Waals surface area contributed by atoms with Crippen LogP contribution in [0.2, 0.25) is 0 Å². The standard InChI is InChI=1S/C9H9ClFNO3/c1-14-8-4-6(11)2-3-7(8)12-9(13)15-5-10/h2-4H,5H2,1H3,(H,12,13). The minimum atomic E-state index is -0.727. The second-order valence-corrected chi connectivity index (χ2v) is 2.73. The molecule has 1 aromatic rings. The first-order valence-corrected chi connectivity index (χ1v) is 4.54. The molecule has 0 saturated heterocycles. The molecule has 0 saturated carbocycles. The Morgan fingerprint density at radius 3 is 2.93 bits per heavy atom. The fourth-order valence-electron chi connectivity index (χ4n) is 0.964. The maximum atomic E-state index is 12.8. The molecule has 0 fully saturated rings. The van der Waals surface area contributed by atoms with E-state index >= 15 is 0 Å². The third-order valence-electron chi connectivity index (χ3n) is 1.59. The van der Waals surface area contributed by atoms with E-state index in [-0.39, 0.29) is 11.8 Å². The van der Waals surface area contributed by atoms with E-state index in [0.29, 0.717) is 5.69 Å². The van der Waals surface area contributed by atoms with Crippen LogP contribution in [0.4, 0.5) is 14.9 Å². The van der Waals surface area contributed by atoms with Crippen molar-refractivity contribution in [2.45, 2.75) is 0 Å². The molecule has 0 atom stereocenters. The van der Waals surface area contributed by atoms with Crippen molar-refractivity contribution in [2.24, 2.45) is 0 Å². The Balaban J connectivity index is 2.80. The van der Waals surface area contributed by atoms with Gasteiger partial charge in [0, 0.05) is 6.07 Å². The van der Waals surface area contributed by atoms with Gasteiger partial charge >= 0.3 is 6.09 Å². The maximum Gasteiger partial charge on any atom is 0.412 e. The Labute approximate surface area is 90.9 Å². The lowest BCUT2D eigenvalue weighted by Gasteiger charge is -2.09. The van der Waals surface area contributed by atoms with Gasteiger partial charge in [0.25, 0.3) is 0 Å². The lowest BCUT2D eigenvalue weighted by molar-refractivity contribution is 0.180. The quantitative estimate of drug-likeness (QED) is 0.817. The van der Waals surface area contributed by atoms with Crippen LogP contribution in [0.25, 0.3) is 0 Å². The smallest absolute Gasteiger partial charge is 0.412 e. The van der Waals surface area contributed by atoms with Gasteiger partial charge in [0.1, 0.15) is 11.6 Å². The molecule has 0 aromatic heterocycles. The van der Waals surface area contributed by atoms with Crippen molar-refractivity contribution in [3.63, 3.8) is 0 Å². The Morgan fingerprint density at radius 1 is 1.60 bits per heavy atom. The van der Waals surface area contributed by atoms with Gasteiger partial charge in [-0.15, -0.1) is 0 Å². The number of rotatable bonds is 3. The van der Waals surface area contributed by atoms with Gasteiger partial charge < -0.3 is 9.47 Å². The Kier molecular flexibility index (Phi) is 4.17. The molecular weight excluding hydrogens is 225 g/mol. The number of halogens is 2. The zero-order valence-corrected chi connectivity index (χ0v) is 8.68. The zero-order valence-electron chi connectivity index (χ0n) is 7.92. The summed E-state index contributed by atoms with van der Waals surface area (Å²) in [5, 5.41) is 2.35. The molecule has 15 heavy (non-hydrogen) atoms. The molecule has 0 unspecified atom stereocenters. The van der Waals surface area contributed by atoms with Crippen molar-refractivity contribution in [2.75, 3.05) is 18.5 Å². The fourth-order valence-corrected chi connectivity index (χ4v) is 1.06. The fraction of sp³-hybridized carbons (Fsp3) is 0.222. The molecule has 1 amide bonds. The van der Waals surface area contributed by atoms with Crippen LogP contribution in [0.3, 0.4) is 0 Å². The number of hydrogen-bond donors (Lipinski definition) is 1. The highest BCUT2D eigenvalue weighted by Crippen LogP contribution is 2.24. The van der Waals surface area contributed by atoms with E-state index < -0.39 is 11.9 Å². The average Bonchev–Trinajstić information content (AvgIpc) is 2.21. The monoisotopic (exact) mass is 233 g/mol. The lowest BCUT2D eigenvalue weighted by atomic mass is 10.3. The van der Waals surface area contributed by atoms with Crippen LogP contribution in [0.15, 0.2) is 18.2 Å². The number of alkyl halides is 1. The van der Waals surface area contributed by atoms with Crippen LogP contribution in [0.5, 0.6) is 5.75 Å². The number of benzene rings is 1. The first kappa shape index (κ1) is 11.6. The highest BCUT2D eigenvalue weighted by atomic mass is 35.5. The second-order valence-electron chi connectivity index (χ2n) is 2.51. The molecule has 0 aliphatic heterocycles. The van der Waals surface area contributed by atoms with Gasteiger partial charge in [-0.05, 0) is 12.1 Å². The molecule has 0 radical (unpaired) electrons. The molecule has 1 rings (SSSR count). The van der Waals surface area contributed by atoms with Crippen LogP contribution < -0.4 is 10.1 Å². The molecule has 0 heterocycles. The van der Waals surface area contributed by atoms with Crippen LogP contribution >= 0.6 is 11.6 Å². The van der Waals surface area contributed by atoms with Crippen molar-refractivity contribution >= 4 is 23.4 Å². The topological polar surface area (TPSA) is 47.6 Å². The third-order valence-corrected chi connectivity index (χ3v) is 1.70. The summed E-state index contributed by atoms with van der Waals surface area (Å²) in [5.41, 5.74) is 0.314. The summed E-state index contributed by atoms with van der Waals surface area (Å²) in [4.78, 5) is 11.0. The number of ether oxygens (including phenoxy) is 2. The van der Waals surface area contributed by atoms with Crippen LogP contribution in [-0.4, -0.2) is 19.3 Å². The maximum absolute atomic E-state index is 12.8. The minimum Gasteiger partial charge on any atom is -0.494 e. The van der Waals surface area contributed by atoms with Crippen molar-refractivity contribution in [1.29, 1.82) is 0 Å². The van der Waals surface area contributed by atoms with Crippen LogP contribution in [0.1, 0.15) is 0 Å². The van der Waals surface area contributed by atoms with Gasteiger partial charge in [-0.25, -0.2) is 9.18 Å². The molecule has 0 bridgehead atoms. The summed E-state index contributed by atoms with van der Waals surface area (Å²) in [6.07, 6.45) is -0.727. The Morgan fingerprint density at radius 2 is 2.33 bits per heavy atom. The SMILES string of the molecule is COc1cc(F)ccc1NC(=O)OCCl. The summed E-state index contributed by atoms with van der Waals surface area (Å²) >= 11 is 5.19. The van der Waals surface area contributed by atoms with Crippen molar-refractivity contribution in [3.05, 3.63) is 24.0 Å². The lowest BCUT2D eigenvalue weighted by Crippen LogP contribution is -2.13. The normalized spacial score (nSPS) is 9.53. The summed E-state index contributed by atoms with van der Waals surface area (Å²) in [6, 6.07) is 3.45. The zero-order chi connectivity index (χ0) is 11.3. The molecule has 0 aliphatic carbocycles. The van der Waals surface area contributed by atoms with Gasteiger partial charge in [0.05, 0.1) is 12.8 Å². The number of amides is 1. The molecule has 0 aliphatic rings. The van der Waals surface area contributed by atoms with E-state index in [9.17, 15) is 9.18 Å². The van der Waals surface area contributed by atoms with Crippen molar-refractivity contribution in [1.82, 2.24) is 0 Å². The summed E-state index contributed by atoms with van der Waals surface area (Å²) < 4.78 is 22.1. The number of carbonyl (C=O) groups is 1. The minimum absolute atomic E-state index is 0.210. The van der Waals surface area contributed by atoms with E-state index in [1.165, 1.54) is 19.2 Å². The van der Waals surface area contributed by atoms with E-state index in [4.69, 9.17) is 16.3 Å². The van der Waals surface area contributed by atoms with Gasteiger partial charge in [0.2, 0.25) is 0 Å². The van der Waals surface area contributed by atoms with Gasteiger partial charge in [-0.1, -0.05) is 11.6 Å². The van der Waals surface area contributed by atoms with Crippen LogP contribution in [0, 0.1) is 5.82 Å². The van der Waals surface area contributed by atoms with Gasteiger partial charge in [0.15, 0.2) is 6.07 Å². The number of anilines is 1. The van der Waals surface area contributed by atoms with Gasteiger partial charge in [-0.3, -0.25) is 5.32 Å². The average molecular weight is 234 g/mol. The number of methoxy groups -OCH3 is 1. The number of carbonyl (C=O) groups excluding carboxylic acids is 1. The van der Waals surface area contributed by atoms with Crippen molar-refractivity contribution < 1.29 is 18.7 Å². The molecule has 1 aromatic carbocycles. The molecule has 82 valence electrons. The Bertz CT molecular complexity index is 359. The summed E-state index contributed by atoms with van der Waals surface area (Å²) in [5.74, 6) is -0.246. The number of hydrogen-bond acceptors (Lipinski definition) is 3. The van der Waals surface area contributed by atoms with Crippen LogP contribution in [-0.2, 0) is 4.74 Å². The largest absolute Gasteiger partial charge is 0.494 e. The molecule has 6 heteroatoms. The van der Waals surface area contributed by atoms with Crippen molar-refractivity contribution in [3.8, 4) is 5.75 Å². The van der Waals surface area contributed by atoms with E-state index in [0.717, 1.165) is 6.07 Å². The van der Waals surface area contributed by atoms with Gasteiger partial charge in [-0.2, -0.15) is 0 Å². The highest BCUT2D eigenvalue weighted by Gasteiger charge is 2.08. The van der Waals surface area contributed by atoms with E-state index in [2.05, 4.69) is 10.1 Å². The first-order valence-electron chi connectivity index (χ1n) is 4.00. The Hall–Kier alpha value is -1.49. The molecule has 4 nitrogen and oxygen atoms in total. The molecular formula is C9H9ClFNO3. The highest BCUT2D eigenvalue weighted by molar-refractivity contribution is 6.17. The van der Waals surface area contributed by atoms with E-state index in [1.54, 1.807) is 0 Å². The second kappa shape index (κ2) is 5.41. The predicted octanol–water partition coefficient (Wildman–Crippen LogP) is 2.58.